The molecule has 164 valence electrons. The van der Waals surface area contributed by atoms with Gasteiger partial charge in [0.25, 0.3) is 0 Å². The van der Waals surface area contributed by atoms with E-state index in [9.17, 15) is 18.0 Å². The largest absolute Gasteiger partial charge is 0.489 e. The maximum absolute atomic E-state index is 13.6. The van der Waals surface area contributed by atoms with Crippen LogP contribution in [0.2, 0.25) is 0 Å². The Balaban J connectivity index is 1.49. The van der Waals surface area contributed by atoms with E-state index in [1.807, 2.05) is 0 Å². The number of nitrogens with one attached hydrogen (secondary N) is 1. The van der Waals surface area contributed by atoms with Gasteiger partial charge in [0, 0.05) is 12.5 Å². The van der Waals surface area contributed by atoms with Crippen molar-refractivity contribution in [1.29, 1.82) is 0 Å². The number of aromatic amines is 1. The lowest BCUT2D eigenvalue weighted by molar-refractivity contribution is -0.138. The highest BCUT2D eigenvalue weighted by Crippen LogP contribution is 2.42. The van der Waals surface area contributed by atoms with Crippen LogP contribution in [0.3, 0.4) is 0 Å². The zero-order valence-corrected chi connectivity index (χ0v) is 16.8. The molecule has 2 aromatic carbocycles. The number of aromatic nitrogens is 2. The van der Waals surface area contributed by atoms with Crippen molar-refractivity contribution in [1.82, 2.24) is 9.97 Å². The average molecular weight is 432 g/mol. The van der Waals surface area contributed by atoms with E-state index in [1.54, 1.807) is 30.3 Å². The van der Waals surface area contributed by atoms with Crippen molar-refractivity contribution in [3.05, 3.63) is 58.9 Å². The maximum atomic E-state index is 13.6. The third kappa shape index (κ3) is 5.00. The van der Waals surface area contributed by atoms with Crippen LogP contribution in [0.25, 0.3) is 11.0 Å². The minimum Gasteiger partial charge on any atom is -0.489 e. The molecule has 0 aliphatic heterocycles. The molecule has 1 aliphatic carbocycles. The number of alkyl halides is 3. The fourth-order valence-corrected chi connectivity index (χ4v) is 4.17. The molecule has 4 rings (SSSR count). The number of halogens is 3. The molecule has 31 heavy (non-hydrogen) atoms. The van der Waals surface area contributed by atoms with Crippen molar-refractivity contribution in [2.24, 2.45) is 0 Å². The van der Waals surface area contributed by atoms with Gasteiger partial charge in [-0.05, 0) is 48.1 Å². The van der Waals surface area contributed by atoms with Crippen LogP contribution in [-0.2, 0) is 24.0 Å². The molecule has 8 heteroatoms. The number of carboxylic acids is 1. The molecule has 0 saturated heterocycles. The molecule has 1 heterocycles. The monoisotopic (exact) mass is 432 g/mol. The van der Waals surface area contributed by atoms with Crippen LogP contribution >= 0.6 is 0 Å². The highest BCUT2D eigenvalue weighted by Gasteiger charge is 2.36. The van der Waals surface area contributed by atoms with Gasteiger partial charge < -0.3 is 14.8 Å². The second kappa shape index (κ2) is 8.61. The molecule has 3 aromatic rings. The number of aryl methyl sites for hydroxylation is 1. The Labute approximate surface area is 177 Å². The number of carbonyl (C=O) groups is 1. The number of aliphatic carboxylic acids is 1. The van der Waals surface area contributed by atoms with E-state index < -0.39 is 17.7 Å². The summed E-state index contributed by atoms with van der Waals surface area (Å²) >= 11 is 0. The van der Waals surface area contributed by atoms with E-state index in [0.717, 1.165) is 31.2 Å². The summed E-state index contributed by atoms with van der Waals surface area (Å²) in [6.45, 7) is 0.00975. The summed E-state index contributed by atoms with van der Waals surface area (Å²) in [5.74, 6) is 0.120. The Bertz CT molecular complexity index is 1090. The van der Waals surface area contributed by atoms with Gasteiger partial charge in [-0.2, -0.15) is 13.2 Å². The van der Waals surface area contributed by atoms with E-state index in [4.69, 9.17) is 9.84 Å². The van der Waals surface area contributed by atoms with Gasteiger partial charge in [0.2, 0.25) is 0 Å². The molecule has 0 radical (unpaired) electrons. The van der Waals surface area contributed by atoms with Crippen LogP contribution in [0.15, 0.2) is 36.4 Å². The molecule has 1 fully saturated rings. The van der Waals surface area contributed by atoms with Crippen LogP contribution in [0.4, 0.5) is 13.2 Å². The topological polar surface area (TPSA) is 75.2 Å². The summed E-state index contributed by atoms with van der Waals surface area (Å²) in [4.78, 5) is 18.1. The number of nitrogens with zero attached hydrogens (tertiary/aromatic N) is 1. The highest BCUT2D eigenvalue weighted by atomic mass is 19.4. The van der Waals surface area contributed by atoms with E-state index in [-0.39, 0.29) is 25.4 Å². The van der Waals surface area contributed by atoms with Crippen molar-refractivity contribution in [3.8, 4) is 5.75 Å². The van der Waals surface area contributed by atoms with E-state index in [1.165, 1.54) is 6.07 Å². The number of carboxylic acid groups (broad SMARTS) is 1. The zero-order valence-electron chi connectivity index (χ0n) is 16.8. The van der Waals surface area contributed by atoms with Gasteiger partial charge in [-0.25, -0.2) is 4.98 Å². The smallest absolute Gasteiger partial charge is 0.416 e. The summed E-state index contributed by atoms with van der Waals surface area (Å²) in [7, 11) is 0. The molecule has 5 nitrogen and oxygen atoms in total. The van der Waals surface area contributed by atoms with Gasteiger partial charge in [0.05, 0.1) is 23.0 Å². The van der Waals surface area contributed by atoms with Crippen molar-refractivity contribution < 1.29 is 27.8 Å². The molecule has 1 aliphatic rings. The van der Waals surface area contributed by atoms with Gasteiger partial charge in [-0.3, -0.25) is 4.79 Å². The van der Waals surface area contributed by atoms with Gasteiger partial charge in [0.15, 0.2) is 0 Å². The molecule has 2 N–H and O–H groups in total. The maximum Gasteiger partial charge on any atom is 0.416 e. The lowest BCUT2D eigenvalue weighted by Gasteiger charge is -2.19. The Morgan fingerprint density at radius 1 is 1.16 bits per heavy atom. The normalized spacial score (nSPS) is 14.9. The summed E-state index contributed by atoms with van der Waals surface area (Å²) in [5, 5.41) is 8.79. The molecule has 0 atom stereocenters. The average Bonchev–Trinajstić information content (AvgIpc) is 3.39. The molecular formula is C23H23F3N2O3. The zero-order chi connectivity index (χ0) is 22.0. The van der Waals surface area contributed by atoms with Crippen LogP contribution < -0.4 is 4.74 Å². The van der Waals surface area contributed by atoms with Gasteiger partial charge in [-0.1, -0.05) is 25.0 Å². The molecular weight excluding hydrogens is 409 g/mol. The quantitative estimate of drug-likeness (QED) is 0.492. The summed E-state index contributed by atoms with van der Waals surface area (Å²) in [6, 6.07) is 9.66. The molecule has 1 aromatic heterocycles. The van der Waals surface area contributed by atoms with Gasteiger partial charge in [-0.15, -0.1) is 0 Å². The van der Waals surface area contributed by atoms with Crippen molar-refractivity contribution in [2.75, 3.05) is 0 Å². The summed E-state index contributed by atoms with van der Waals surface area (Å²) in [5.41, 5.74) is 1.64. The first-order valence-electron chi connectivity index (χ1n) is 10.3. The predicted octanol–water partition coefficient (Wildman–Crippen LogP) is 5.84. The third-order valence-corrected chi connectivity index (χ3v) is 5.70. The number of H-pyrrole nitrogens is 1. The van der Waals surface area contributed by atoms with Crippen LogP contribution in [0.5, 0.6) is 5.75 Å². The number of hydrogen-bond acceptors (Lipinski definition) is 3. The number of ether oxygens (including phenoxy) is 1. The first kappa shape index (κ1) is 21.2. The first-order chi connectivity index (χ1) is 14.8. The van der Waals surface area contributed by atoms with Gasteiger partial charge in [0.1, 0.15) is 18.2 Å². The Kier molecular flexibility index (Phi) is 5.89. The van der Waals surface area contributed by atoms with Crippen molar-refractivity contribution in [3.63, 3.8) is 0 Å². The minimum atomic E-state index is -4.39. The molecule has 0 unspecified atom stereocenters. The summed E-state index contributed by atoms with van der Waals surface area (Å²) < 4.78 is 46.7. The standard InChI is InChI=1S/C23H23F3N2O3/c24-23(25,26)18-11-14(5-7-17(18)15-3-1-2-4-15)13-31-16-6-8-19-20(12-16)28-21(27-19)9-10-22(29)30/h5-8,11-12,15H,1-4,9-10,13H2,(H,27,28)(H,29,30). The predicted molar refractivity (Wildman–Crippen MR) is 109 cm³/mol. The lowest BCUT2D eigenvalue weighted by atomic mass is 9.91. The SMILES string of the molecule is O=C(O)CCc1nc2cc(OCc3ccc(C4CCCC4)c(C(F)(F)F)c3)ccc2[nH]1. The molecule has 0 spiro atoms. The lowest BCUT2D eigenvalue weighted by Crippen LogP contribution is -2.12. The van der Waals surface area contributed by atoms with E-state index in [0.29, 0.717) is 28.2 Å². The number of rotatable bonds is 7. The minimum absolute atomic E-state index is 0.00975. The second-order valence-corrected chi connectivity index (χ2v) is 7.95. The van der Waals surface area contributed by atoms with E-state index >= 15 is 0 Å². The Morgan fingerprint density at radius 2 is 1.94 bits per heavy atom. The van der Waals surface area contributed by atoms with Gasteiger partial charge >= 0.3 is 12.1 Å². The van der Waals surface area contributed by atoms with E-state index in [2.05, 4.69) is 9.97 Å². The third-order valence-electron chi connectivity index (χ3n) is 5.70. The number of fused-ring (bicyclic) bond motifs is 1. The summed E-state index contributed by atoms with van der Waals surface area (Å²) in [6.07, 6.45) is -0.585. The Morgan fingerprint density at radius 3 is 2.65 bits per heavy atom. The fraction of sp³-hybridized carbons (Fsp3) is 0.391. The van der Waals surface area contributed by atoms with Crippen molar-refractivity contribution in [2.45, 2.75) is 57.2 Å². The molecule has 1 saturated carbocycles. The first-order valence-corrected chi connectivity index (χ1v) is 10.3. The molecule has 0 amide bonds. The molecule has 0 bridgehead atoms. The number of hydrogen-bond donors (Lipinski definition) is 2. The second-order valence-electron chi connectivity index (χ2n) is 7.95. The number of imidazole rings is 1. The Hall–Kier alpha value is -3.03. The fourth-order valence-electron chi connectivity index (χ4n) is 4.17. The van der Waals surface area contributed by atoms with Crippen LogP contribution in [-0.4, -0.2) is 21.0 Å². The highest BCUT2D eigenvalue weighted by molar-refractivity contribution is 5.77. The van der Waals surface area contributed by atoms with Crippen LogP contribution in [0, 0.1) is 0 Å². The van der Waals surface area contributed by atoms with Crippen LogP contribution in [0.1, 0.15) is 60.5 Å². The number of benzene rings is 2. The van der Waals surface area contributed by atoms with Crippen molar-refractivity contribution >= 4 is 17.0 Å².